The Labute approximate surface area is 108 Å². The molecule has 0 amide bonds. The number of nitrogens with two attached hydrogens (primary N) is 1. The summed E-state index contributed by atoms with van der Waals surface area (Å²) in [4.78, 5) is 0. The van der Waals surface area contributed by atoms with Gasteiger partial charge in [-0.25, -0.2) is 4.68 Å². The van der Waals surface area contributed by atoms with Crippen molar-refractivity contribution in [1.29, 1.82) is 0 Å². The molecule has 0 unspecified atom stereocenters. The van der Waals surface area contributed by atoms with Crippen molar-refractivity contribution in [3.63, 3.8) is 0 Å². The van der Waals surface area contributed by atoms with Gasteiger partial charge in [-0.15, -0.1) is 0 Å². The van der Waals surface area contributed by atoms with Gasteiger partial charge >= 0.3 is 0 Å². The summed E-state index contributed by atoms with van der Waals surface area (Å²) in [6.45, 7) is 3.82. The highest BCUT2D eigenvalue weighted by molar-refractivity contribution is 5.35. The quantitative estimate of drug-likeness (QED) is 0.727. The van der Waals surface area contributed by atoms with Gasteiger partial charge in [0.1, 0.15) is 5.82 Å². The molecule has 1 saturated carbocycles. The standard InChI is InChI=1S/C13H23N5/c14-9-13(4-1-2-5-13)10-16-12-3-6-17-18(12)11-7-15-8-11/h3,6,11,15-16H,1-2,4-5,7-10,14H2. The Kier molecular flexibility index (Phi) is 3.26. The zero-order valence-corrected chi connectivity index (χ0v) is 10.9. The lowest BCUT2D eigenvalue weighted by atomic mass is 9.86. The van der Waals surface area contributed by atoms with Crippen LogP contribution in [0, 0.1) is 5.41 Å². The Balaban J connectivity index is 1.64. The van der Waals surface area contributed by atoms with E-state index in [-0.39, 0.29) is 0 Å². The summed E-state index contributed by atoms with van der Waals surface area (Å²) in [6, 6.07) is 2.58. The van der Waals surface area contributed by atoms with Crippen molar-refractivity contribution in [1.82, 2.24) is 15.1 Å². The summed E-state index contributed by atoms with van der Waals surface area (Å²) in [5.74, 6) is 1.14. The molecule has 0 aromatic carbocycles. The van der Waals surface area contributed by atoms with E-state index in [2.05, 4.69) is 26.5 Å². The molecule has 1 saturated heterocycles. The summed E-state index contributed by atoms with van der Waals surface area (Å²) in [5.41, 5.74) is 6.28. The minimum atomic E-state index is 0.312. The monoisotopic (exact) mass is 249 g/mol. The average molecular weight is 249 g/mol. The minimum absolute atomic E-state index is 0.312. The largest absolute Gasteiger partial charge is 0.370 e. The van der Waals surface area contributed by atoms with Crippen LogP contribution >= 0.6 is 0 Å². The first-order chi connectivity index (χ1) is 8.83. The smallest absolute Gasteiger partial charge is 0.124 e. The molecule has 18 heavy (non-hydrogen) atoms. The molecule has 4 N–H and O–H groups in total. The molecule has 1 aromatic rings. The summed E-state index contributed by atoms with van der Waals surface area (Å²) in [7, 11) is 0. The van der Waals surface area contributed by atoms with Gasteiger partial charge in [-0.05, 0) is 24.8 Å². The van der Waals surface area contributed by atoms with Crippen molar-refractivity contribution in [3.05, 3.63) is 12.3 Å². The third kappa shape index (κ3) is 2.12. The molecule has 1 aliphatic heterocycles. The Morgan fingerprint density at radius 3 is 2.83 bits per heavy atom. The first-order valence-electron chi connectivity index (χ1n) is 7.01. The molecule has 2 aliphatic rings. The first-order valence-corrected chi connectivity index (χ1v) is 7.01. The fraction of sp³-hybridized carbons (Fsp3) is 0.769. The van der Waals surface area contributed by atoms with Gasteiger partial charge in [-0.2, -0.15) is 5.10 Å². The molecule has 0 bridgehead atoms. The molecule has 5 nitrogen and oxygen atoms in total. The van der Waals surface area contributed by atoms with E-state index in [4.69, 9.17) is 5.73 Å². The molecule has 0 radical (unpaired) electrons. The van der Waals surface area contributed by atoms with E-state index in [0.717, 1.165) is 32.0 Å². The Bertz CT molecular complexity index is 390. The number of nitrogens with zero attached hydrogens (tertiary/aromatic N) is 2. The summed E-state index contributed by atoms with van der Waals surface area (Å²) in [5, 5.41) is 11.3. The third-order valence-electron chi connectivity index (χ3n) is 4.52. The van der Waals surface area contributed by atoms with Gasteiger partial charge in [0.25, 0.3) is 0 Å². The predicted molar refractivity (Wildman–Crippen MR) is 72.6 cm³/mol. The van der Waals surface area contributed by atoms with Gasteiger partial charge in [0.15, 0.2) is 0 Å². The maximum absolute atomic E-state index is 5.97. The zero-order chi connectivity index (χ0) is 12.4. The van der Waals surface area contributed by atoms with Crippen LogP contribution < -0.4 is 16.4 Å². The second kappa shape index (κ2) is 4.90. The topological polar surface area (TPSA) is 67.9 Å². The molecule has 1 aliphatic carbocycles. The average Bonchev–Trinajstić information content (AvgIpc) is 2.94. The Hall–Kier alpha value is -1.07. The van der Waals surface area contributed by atoms with Crippen LogP contribution in [-0.4, -0.2) is 36.0 Å². The first kappa shape index (κ1) is 12.0. The van der Waals surface area contributed by atoms with E-state index in [9.17, 15) is 0 Å². The number of aromatic nitrogens is 2. The predicted octanol–water partition coefficient (Wildman–Crippen LogP) is 0.958. The van der Waals surface area contributed by atoms with E-state index in [0.29, 0.717) is 11.5 Å². The van der Waals surface area contributed by atoms with Crippen molar-refractivity contribution < 1.29 is 0 Å². The van der Waals surface area contributed by atoms with Gasteiger partial charge in [0.2, 0.25) is 0 Å². The molecule has 0 spiro atoms. The highest BCUT2D eigenvalue weighted by atomic mass is 15.4. The molecule has 3 rings (SSSR count). The Morgan fingerprint density at radius 1 is 1.44 bits per heavy atom. The lowest BCUT2D eigenvalue weighted by Gasteiger charge is -2.31. The van der Waals surface area contributed by atoms with Crippen LogP contribution in [0.25, 0.3) is 0 Å². The van der Waals surface area contributed by atoms with E-state index in [1.54, 1.807) is 0 Å². The van der Waals surface area contributed by atoms with Crippen LogP contribution in [0.15, 0.2) is 12.3 Å². The lowest BCUT2D eigenvalue weighted by molar-refractivity contribution is 0.313. The zero-order valence-electron chi connectivity index (χ0n) is 10.9. The van der Waals surface area contributed by atoms with Crippen LogP contribution in [-0.2, 0) is 0 Å². The fourth-order valence-corrected chi connectivity index (χ4v) is 3.05. The van der Waals surface area contributed by atoms with E-state index < -0.39 is 0 Å². The van der Waals surface area contributed by atoms with Crippen LogP contribution in [0.2, 0.25) is 0 Å². The van der Waals surface area contributed by atoms with E-state index in [1.807, 2.05) is 6.20 Å². The van der Waals surface area contributed by atoms with Crippen LogP contribution in [0.1, 0.15) is 31.7 Å². The van der Waals surface area contributed by atoms with Gasteiger partial charge in [0, 0.05) is 25.7 Å². The summed E-state index contributed by atoms with van der Waals surface area (Å²) >= 11 is 0. The number of nitrogens with one attached hydrogen (secondary N) is 2. The molecule has 2 heterocycles. The number of hydrogen-bond acceptors (Lipinski definition) is 4. The maximum Gasteiger partial charge on any atom is 0.124 e. The lowest BCUT2D eigenvalue weighted by Crippen LogP contribution is -2.44. The van der Waals surface area contributed by atoms with Gasteiger partial charge in [-0.3, -0.25) is 0 Å². The SMILES string of the molecule is NCC1(CNc2ccnn2C2CNC2)CCCC1. The normalized spacial score (nSPS) is 22.9. The summed E-state index contributed by atoms with van der Waals surface area (Å²) < 4.78 is 2.11. The van der Waals surface area contributed by atoms with Crippen LogP contribution in [0.5, 0.6) is 0 Å². The number of hydrogen-bond donors (Lipinski definition) is 3. The van der Waals surface area contributed by atoms with Gasteiger partial charge in [-0.1, -0.05) is 12.8 Å². The van der Waals surface area contributed by atoms with E-state index >= 15 is 0 Å². The fourth-order valence-electron chi connectivity index (χ4n) is 3.05. The number of rotatable bonds is 5. The molecular weight excluding hydrogens is 226 g/mol. The van der Waals surface area contributed by atoms with Crippen molar-refractivity contribution in [2.45, 2.75) is 31.7 Å². The van der Waals surface area contributed by atoms with Crippen molar-refractivity contribution in [2.75, 3.05) is 31.5 Å². The highest BCUT2D eigenvalue weighted by Crippen LogP contribution is 2.37. The molecule has 2 fully saturated rings. The minimum Gasteiger partial charge on any atom is -0.370 e. The van der Waals surface area contributed by atoms with Crippen LogP contribution in [0.3, 0.4) is 0 Å². The van der Waals surface area contributed by atoms with Crippen molar-refractivity contribution in [3.8, 4) is 0 Å². The molecular formula is C13H23N5. The molecule has 0 atom stereocenters. The molecule has 100 valence electrons. The third-order valence-corrected chi connectivity index (χ3v) is 4.52. The highest BCUT2D eigenvalue weighted by Gasteiger charge is 2.32. The molecule has 1 aromatic heterocycles. The van der Waals surface area contributed by atoms with Gasteiger partial charge in [0.05, 0.1) is 12.2 Å². The Morgan fingerprint density at radius 2 is 2.22 bits per heavy atom. The maximum atomic E-state index is 5.97. The van der Waals surface area contributed by atoms with Crippen LogP contribution in [0.4, 0.5) is 5.82 Å². The number of anilines is 1. The van der Waals surface area contributed by atoms with E-state index in [1.165, 1.54) is 25.7 Å². The second-order valence-corrected chi connectivity index (χ2v) is 5.74. The van der Waals surface area contributed by atoms with Crippen molar-refractivity contribution >= 4 is 5.82 Å². The second-order valence-electron chi connectivity index (χ2n) is 5.74. The van der Waals surface area contributed by atoms with Crippen molar-refractivity contribution in [2.24, 2.45) is 11.1 Å². The summed E-state index contributed by atoms with van der Waals surface area (Å²) in [6.07, 6.45) is 7.05. The molecule has 5 heteroatoms. The van der Waals surface area contributed by atoms with Gasteiger partial charge < -0.3 is 16.4 Å².